The summed E-state index contributed by atoms with van der Waals surface area (Å²) in [6, 6.07) is 0. The van der Waals surface area contributed by atoms with Crippen molar-refractivity contribution in [3.63, 3.8) is 0 Å². The second-order valence-corrected chi connectivity index (χ2v) is 6.20. The average molecular weight is 322 g/mol. The molecule has 0 aliphatic rings. The average Bonchev–Trinajstić information content (AvgIpc) is 2.37. The molecule has 128 valence electrons. The van der Waals surface area contributed by atoms with Gasteiger partial charge < -0.3 is 10.2 Å². The van der Waals surface area contributed by atoms with Crippen molar-refractivity contribution in [3.05, 3.63) is 23.2 Å². The fourth-order valence-corrected chi connectivity index (χ4v) is 1.76. The predicted octanol–water partition coefficient (Wildman–Crippen LogP) is 3.00. The number of carbonyl (C=O) groups excluding carboxylic acids is 2. The molecule has 0 amide bonds. The number of hydrogen-bond donors (Lipinski definition) is 2. The highest BCUT2D eigenvalue weighted by atomic mass is 16.3. The van der Waals surface area contributed by atoms with E-state index in [2.05, 4.69) is 9.98 Å². The van der Waals surface area contributed by atoms with Crippen LogP contribution in [0.3, 0.4) is 0 Å². The van der Waals surface area contributed by atoms with E-state index in [0.717, 1.165) is 0 Å². The zero-order chi connectivity index (χ0) is 18.2. The van der Waals surface area contributed by atoms with Gasteiger partial charge in [-0.25, -0.2) is 0 Å². The van der Waals surface area contributed by atoms with E-state index in [4.69, 9.17) is 5.11 Å². The molecular weight excluding hydrogens is 296 g/mol. The molecule has 0 saturated carbocycles. The summed E-state index contributed by atoms with van der Waals surface area (Å²) in [6.45, 7) is 10.0. The molecule has 0 fully saturated rings. The third-order valence-corrected chi connectivity index (χ3v) is 2.89. The van der Waals surface area contributed by atoms with Gasteiger partial charge in [0.05, 0.1) is 11.3 Å². The van der Waals surface area contributed by atoms with Crippen molar-refractivity contribution < 1.29 is 19.8 Å². The Morgan fingerprint density at radius 1 is 1.00 bits per heavy atom. The van der Waals surface area contributed by atoms with Gasteiger partial charge in [0, 0.05) is 31.6 Å². The molecular formula is C17H26N2O4. The van der Waals surface area contributed by atoms with Crippen molar-refractivity contribution in [1.29, 1.82) is 0 Å². The molecule has 0 saturated heterocycles. The van der Waals surface area contributed by atoms with Crippen LogP contribution >= 0.6 is 0 Å². The zero-order valence-electron chi connectivity index (χ0n) is 14.7. The Hall–Kier alpha value is -2.24. The number of nitrogens with zero attached hydrogens (tertiary/aromatic N) is 2. The van der Waals surface area contributed by atoms with Crippen LogP contribution in [0.15, 0.2) is 33.2 Å². The van der Waals surface area contributed by atoms with Crippen LogP contribution < -0.4 is 0 Å². The van der Waals surface area contributed by atoms with Crippen LogP contribution in [0.4, 0.5) is 0 Å². The van der Waals surface area contributed by atoms with E-state index in [9.17, 15) is 14.7 Å². The molecule has 23 heavy (non-hydrogen) atoms. The quantitative estimate of drug-likeness (QED) is 0.407. The third-order valence-electron chi connectivity index (χ3n) is 2.89. The first-order valence-electron chi connectivity index (χ1n) is 7.30. The summed E-state index contributed by atoms with van der Waals surface area (Å²) in [7, 11) is 0. The number of rotatable bonds is 8. The van der Waals surface area contributed by atoms with Crippen molar-refractivity contribution in [2.45, 2.75) is 41.5 Å². The van der Waals surface area contributed by atoms with Gasteiger partial charge in [0.2, 0.25) is 0 Å². The van der Waals surface area contributed by atoms with Crippen molar-refractivity contribution in [3.8, 4) is 0 Å². The summed E-state index contributed by atoms with van der Waals surface area (Å²) in [5, 5.41) is 18.7. The number of aliphatic hydroxyl groups is 2. The van der Waals surface area contributed by atoms with Gasteiger partial charge in [-0.3, -0.25) is 19.6 Å². The molecule has 0 aromatic rings. The van der Waals surface area contributed by atoms with Crippen LogP contribution in [0.25, 0.3) is 0 Å². The van der Waals surface area contributed by atoms with Crippen molar-refractivity contribution in [2.75, 3.05) is 13.1 Å². The molecule has 6 nitrogen and oxygen atoms in total. The summed E-state index contributed by atoms with van der Waals surface area (Å²) >= 11 is 0. The second-order valence-electron chi connectivity index (χ2n) is 6.20. The molecule has 0 heterocycles. The van der Waals surface area contributed by atoms with E-state index in [-0.39, 0.29) is 40.5 Å². The lowest BCUT2D eigenvalue weighted by molar-refractivity contribution is -0.114. The first-order chi connectivity index (χ1) is 10.5. The minimum atomic E-state index is -0.404. The molecule has 0 unspecified atom stereocenters. The minimum Gasteiger partial charge on any atom is -0.513 e. The van der Waals surface area contributed by atoms with Crippen molar-refractivity contribution >= 4 is 23.5 Å². The largest absolute Gasteiger partial charge is 0.513 e. The normalized spacial score (nSPS) is 14.9. The molecule has 0 aromatic carbocycles. The molecule has 0 atom stereocenters. The number of allylic oxidation sites excluding steroid dienone is 4. The smallest absolute Gasteiger partial charge is 0.178 e. The van der Waals surface area contributed by atoms with Crippen LogP contribution in [0.5, 0.6) is 0 Å². The van der Waals surface area contributed by atoms with Gasteiger partial charge in [0.25, 0.3) is 0 Å². The second kappa shape index (κ2) is 9.02. The lowest BCUT2D eigenvalue weighted by Crippen LogP contribution is -2.25. The molecule has 0 rings (SSSR count). The van der Waals surface area contributed by atoms with E-state index in [0.29, 0.717) is 6.54 Å². The predicted molar refractivity (Wildman–Crippen MR) is 92.5 cm³/mol. The Balaban J connectivity index is 5.29. The minimum absolute atomic E-state index is 0.0133. The van der Waals surface area contributed by atoms with Gasteiger partial charge in [0.1, 0.15) is 11.5 Å². The molecule has 2 N–H and O–H groups in total. The Kier molecular flexibility index (Phi) is 8.15. The van der Waals surface area contributed by atoms with Gasteiger partial charge >= 0.3 is 0 Å². The maximum Gasteiger partial charge on any atom is 0.178 e. The molecule has 0 radical (unpaired) electrons. The van der Waals surface area contributed by atoms with Crippen LogP contribution in [-0.4, -0.2) is 46.8 Å². The van der Waals surface area contributed by atoms with Gasteiger partial charge in [0.15, 0.2) is 11.6 Å². The summed E-state index contributed by atoms with van der Waals surface area (Å²) in [4.78, 5) is 31.8. The Morgan fingerprint density at radius 2 is 1.57 bits per heavy atom. The Morgan fingerprint density at radius 3 is 1.96 bits per heavy atom. The van der Waals surface area contributed by atoms with Crippen LogP contribution in [0.1, 0.15) is 41.5 Å². The standard InChI is InChI=1S/C17H26N2O4/c1-11(20)7-8-18-9-17(5,6)10-19-16(14(4)23)15(12(2)21)13(3)22/h7-8,20-21H,9-10H2,1-6H3. The zero-order valence-corrected chi connectivity index (χ0v) is 14.7. The number of aliphatic imine (C=N–C) groups is 2. The fourth-order valence-electron chi connectivity index (χ4n) is 1.76. The van der Waals surface area contributed by atoms with Gasteiger partial charge in [-0.2, -0.15) is 0 Å². The Bertz CT molecular complexity index is 573. The molecule has 0 spiro atoms. The number of aliphatic hydroxyl groups excluding tert-OH is 2. The molecule has 0 aliphatic carbocycles. The van der Waals surface area contributed by atoms with Crippen LogP contribution in [0, 0.1) is 5.41 Å². The molecule has 0 bridgehead atoms. The van der Waals surface area contributed by atoms with E-state index in [1.54, 1.807) is 6.92 Å². The van der Waals surface area contributed by atoms with E-state index in [1.165, 1.54) is 33.1 Å². The van der Waals surface area contributed by atoms with E-state index >= 15 is 0 Å². The third kappa shape index (κ3) is 8.09. The van der Waals surface area contributed by atoms with Gasteiger partial charge in [-0.15, -0.1) is 0 Å². The lowest BCUT2D eigenvalue weighted by Gasteiger charge is -2.20. The summed E-state index contributed by atoms with van der Waals surface area (Å²) in [5.41, 5.74) is -0.407. The maximum absolute atomic E-state index is 11.8. The van der Waals surface area contributed by atoms with Gasteiger partial charge in [-0.05, 0) is 26.8 Å². The maximum atomic E-state index is 11.8. The Labute approximate surface area is 137 Å². The SMILES string of the molecule is CC(=O)C(=NCC(C)(C)CN=CC=C(C)O)C(C(C)=O)=C(C)O. The summed E-state index contributed by atoms with van der Waals surface area (Å²) < 4.78 is 0. The van der Waals surface area contributed by atoms with E-state index in [1.807, 2.05) is 13.8 Å². The van der Waals surface area contributed by atoms with Crippen LogP contribution in [-0.2, 0) is 9.59 Å². The van der Waals surface area contributed by atoms with Crippen LogP contribution in [0.2, 0.25) is 0 Å². The molecule has 0 aliphatic heterocycles. The van der Waals surface area contributed by atoms with Crippen molar-refractivity contribution in [2.24, 2.45) is 15.4 Å². The topological polar surface area (TPSA) is 99.3 Å². The number of Topliss-reactive ketones (excluding diaryl/α,β-unsaturated/α-hetero) is 2. The van der Waals surface area contributed by atoms with Crippen molar-refractivity contribution in [1.82, 2.24) is 0 Å². The highest BCUT2D eigenvalue weighted by Crippen LogP contribution is 2.17. The summed E-state index contributed by atoms with van der Waals surface area (Å²) in [6.07, 6.45) is 2.98. The van der Waals surface area contributed by atoms with Gasteiger partial charge in [-0.1, -0.05) is 13.8 Å². The first kappa shape index (κ1) is 20.8. The number of ketones is 2. The lowest BCUT2D eigenvalue weighted by atomic mass is 9.93. The van der Waals surface area contributed by atoms with E-state index < -0.39 is 5.78 Å². The monoisotopic (exact) mass is 322 g/mol. The highest BCUT2D eigenvalue weighted by molar-refractivity contribution is 6.51. The first-order valence-corrected chi connectivity index (χ1v) is 7.30. The fraction of sp³-hybridized carbons (Fsp3) is 0.529. The summed E-state index contributed by atoms with van der Waals surface area (Å²) in [5.74, 6) is -0.830. The number of carbonyl (C=O) groups is 2. The molecule has 6 heteroatoms. The molecule has 0 aromatic heterocycles. The number of hydrogen-bond acceptors (Lipinski definition) is 6. The highest BCUT2D eigenvalue weighted by Gasteiger charge is 2.22.